The first-order valence-corrected chi connectivity index (χ1v) is 7.10. The summed E-state index contributed by atoms with van der Waals surface area (Å²) >= 11 is 1.38. The molecule has 1 aromatic rings. The number of nitrogens with zero attached hydrogens (tertiary/aromatic N) is 1. The van der Waals surface area contributed by atoms with E-state index in [1.54, 1.807) is 12.2 Å². The lowest BCUT2D eigenvalue weighted by molar-refractivity contribution is -0.145. The van der Waals surface area contributed by atoms with Crippen LogP contribution in [0.4, 0.5) is 5.13 Å². The Balaban J connectivity index is 1.79. The third-order valence-electron chi connectivity index (χ3n) is 3.75. The van der Waals surface area contributed by atoms with E-state index < -0.39 is 30.0 Å². The second-order valence-corrected chi connectivity index (χ2v) is 6.19. The molecule has 2 bridgehead atoms. The SMILES string of the molecule is Cc1nc(NC(=O)[C@@H]2[C@@H](C(=O)O)[C@H]3C=C[C@@H]2O3)sc1C. The maximum Gasteiger partial charge on any atom is 0.310 e. The van der Waals surface area contributed by atoms with Gasteiger partial charge in [0.2, 0.25) is 5.91 Å². The van der Waals surface area contributed by atoms with Gasteiger partial charge in [0.1, 0.15) is 5.92 Å². The summed E-state index contributed by atoms with van der Waals surface area (Å²) in [7, 11) is 0. The zero-order chi connectivity index (χ0) is 14.4. The van der Waals surface area contributed by atoms with Crippen LogP contribution in [0.5, 0.6) is 0 Å². The summed E-state index contributed by atoms with van der Waals surface area (Å²) < 4.78 is 5.48. The molecule has 0 radical (unpaired) electrons. The van der Waals surface area contributed by atoms with Gasteiger partial charge in [0, 0.05) is 4.88 Å². The van der Waals surface area contributed by atoms with Gasteiger partial charge in [-0.2, -0.15) is 0 Å². The van der Waals surface area contributed by atoms with Crippen LogP contribution in [-0.2, 0) is 14.3 Å². The number of rotatable bonds is 3. The molecule has 20 heavy (non-hydrogen) atoms. The number of ether oxygens (including phenoxy) is 1. The molecule has 1 amide bonds. The lowest BCUT2D eigenvalue weighted by Crippen LogP contribution is -2.39. The molecule has 6 nitrogen and oxygen atoms in total. The average Bonchev–Trinajstić information content (AvgIpc) is 3.04. The minimum absolute atomic E-state index is 0.344. The molecule has 1 fully saturated rings. The van der Waals surface area contributed by atoms with Crippen LogP contribution in [0.15, 0.2) is 12.2 Å². The van der Waals surface area contributed by atoms with Gasteiger partial charge < -0.3 is 15.2 Å². The first kappa shape index (κ1) is 13.3. The van der Waals surface area contributed by atoms with Crippen molar-refractivity contribution in [1.29, 1.82) is 0 Å². The molecule has 0 unspecified atom stereocenters. The van der Waals surface area contributed by atoms with Crippen molar-refractivity contribution in [1.82, 2.24) is 4.98 Å². The predicted molar refractivity (Wildman–Crippen MR) is 72.6 cm³/mol. The van der Waals surface area contributed by atoms with Gasteiger partial charge in [0.05, 0.1) is 23.8 Å². The standard InChI is InChI=1S/C13H14N2O4S/c1-5-6(2)20-13(14-5)15-11(16)9-7-3-4-8(19-7)10(9)12(17)18/h3-4,7-10H,1-2H3,(H,17,18)(H,14,15,16)/t7-,8+,9-,10-/m0/s1. The number of carbonyl (C=O) groups excluding carboxylic acids is 1. The number of carbonyl (C=O) groups is 2. The fourth-order valence-corrected chi connectivity index (χ4v) is 3.45. The Morgan fingerprint density at radius 3 is 2.50 bits per heavy atom. The highest BCUT2D eigenvalue weighted by atomic mass is 32.1. The summed E-state index contributed by atoms with van der Waals surface area (Å²) in [6, 6.07) is 0. The van der Waals surface area contributed by atoms with Crippen LogP contribution in [0.25, 0.3) is 0 Å². The van der Waals surface area contributed by atoms with Crippen LogP contribution in [0, 0.1) is 25.7 Å². The van der Waals surface area contributed by atoms with Crippen LogP contribution < -0.4 is 5.32 Å². The third kappa shape index (κ3) is 2.03. The smallest absolute Gasteiger partial charge is 0.310 e. The Labute approximate surface area is 119 Å². The Morgan fingerprint density at radius 2 is 1.95 bits per heavy atom. The van der Waals surface area contributed by atoms with E-state index in [0.717, 1.165) is 10.6 Å². The van der Waals surface area contributed by atoms with Gasteiger partial charge in [-0.25, -0.2) is 4.98 Å². The van der Waals surface area contributed by atoms with Crippen molar-refractivity contribution < 1.29 is 19.4 Å². The maximum atomic E-state index is 12.3. The van der Waals surface area contributed by atoms with Gasteiger partial charge in [-0.3, -0.25) is 9.59 Å². The molecule has 1 aromatic heterocycles. The number of amides is 1. The molecule has 0 spiro atoms. The Hall–Kier alpha value is -1.73. The van der Waals surface area contributed by atoms with Crippen molar-refractivity contribution in [3.63, 3.8) is 0 Å². The van der Waals surface area contributed by atoms with Gasteiger partial charge in [-0.05, 0) is 13.8 Å². The number of aliphatic carboxylic acids is 1. The second kappa shape index (κ2) is 4.68. The average molecular weight is 294 g/mol. The third-order valence-corrected chi connectivity index (χ3v) is 4.73. The normalized spacial score (nSPS) is 30.7. The summed E-state index contributed by atoms with van der Waals surface area (Å²) in [5, 5.41) is 12.5. The van der Waals surface area contributed by atoms with Crippen molar-refractivity contribution in [2.45, 2.75) is 26.1 Å². The Morgan fingerprint density at radius 1 is 1.30 bits per heavy atom. The summed E-state index contributed by atoms with van der Waals surface area (Å²) in [5.41, 5.74) is 0.865. The van der Waals surface area contributed by atoms with Gasteiger partial charge >= 0.3 is 5.97 Å². The second-order valence-electron chi connectivity index (χ2n) is 4.99. The van der Waals surface area contributed by atoms with Crippen LogP contribution >= 0.6 is 11.3 Å². The molecule has 0 aliphatic carbocycles. The number of carboxylic acids is 1. The molecule has 7 heteroatoms. The highest BCUT2D eigenvalue weighted by molar-refractivity contribution is 7.15. The largest absolute Gasteiger partial charge is 0.481 e. The minimum Gasteiger partial charge on any atom is -0.481 e. The zero-order valence-electron chi connectivity index (χ0n) is 11.0. The molecule has 3 rings (SSSR count). The Kier molecular flexibility index (Phi) is 3.10. The first-order valence-electron chi connectivity index (χ1n) is 6.29. The lowest BCUT2D eigenvalue weighted by Gasteiger charge is -2.20. The lowest BCUT2D eigenvalue weighted by atomic mass is 9.82. The molecule has 2 aliphatic heterocycles. The van der Waals surface area contributed by atoms with Crippen LogP contribution in [-0.4, -0.2) is 34.2 Å². The number of aryl methyl sites for hydroxylation is 2. The van der Waals surface area contributed by atoms with Gasteiger partial charge in [-0.15, -0.1) is 11.3 Å². The van der Waals surface area contributed by atoms with Crippen molar-refractivity contribution in [2.24, 2.45) is 11.8 Å². The van der Waals surface area contributed by atoms with Crippen molar-refractivity contribution in [3.05, 3.63) is 22.7 Å². The summed E-state index contributed by atoms with van der Waals surface area (Å²) in [6.45, 7) is 3.79. The molecule has 1 saturated heterocycles. The fourth-order valence-electron chi connectivity index (χ4n) is 2.63. The van der Waals surface area contributed by atoms with E-state index in [1.807, 2.05) is 13.8 Å². The molecule has 0 aromatic carbocycles. The molecule has 106 valence electrons. The molecule has 4 atom stereocenters. The van der Waals surface area contributed by atoms with Crippen LogP contribution in [0.2, 0.25) is 0 Å². The van der Waals surface area contributed by atoms with Crippen molar-refractivity contribution in [3.8, 4) is 0 Å². The summed E-state index contributed by atoms with van der Waals surface area (Å²) in [4.78, 5) is 28.9. The van der Waals surface area contributed by atoms with E-state index in [9.17, 15) is 14.7 Å². The number of hydrogen-bond donors (Lipinski definition) is 2. The van der Waals surface area contributed by atoms with E-state index in [4.69, 9.17) is 4.74 Å². The predicted octanol–water partition coefficient (Wildman–Crippen LogP) is 1.35. The van der Waals surface area contributed by atoms with Crippen molar-refractivity contribution in [2.75, 3.05) is 5.32 Å². The number of thiazole rings is 1. The van der Waals surface area contributed by atoms with Gasteiger partial charge in [0.15, 0.2) is 5.13 Å². The van der Waals surface area contributed by atoms with E-state index in [2.05, 4.69) is 10.3 Å². The number of hydrogen-bond acceptors (Lipinski definition) is 5. The van der Waals surface area contributed by atoms with Gasteiger partial charge in [0.25, 0.3) is 0 Å². The quantitative estimate of drug-likeness (QED) is 0.822. The highest BCUT2D eigenvalue weighted by Gasteiger charge is 2.53. The molecule has 0 saturated carbocycles. The van der Waals surface area contributed by atoms with Gasteiger partial charge in [-0.1, -0.05) is 12.2 Å². The minimum atomic E-state index is -1.01. The molecule has 3 heterocycles. The van der Waals surface area contributed by atoms with E-state index >= 15 is 0 Å². The highest BCUT2D eigenvalue weighted by Crippen LogP contribution is 2.40. The van der Waals surface area contributed by atoms with E-state index in [1.165, 1.54) is 11.3 Å². The number of aromatic nitrogens is 1. The van der Waals surface area contributed by atoms with Crippen molar-refractivity contribution >= 4 is 28.3 Å². The monoisotopic (exact) mass is 294 g/mol. The van der Waals surface area contributed by atoms with Crippen LogP contribution in [0.1, 0.15) is 10.6 Å². The van der Waals surface area contributed by atoms with E-state index in [0.29, 0.717) is 5.13 Å². The van der Waals surface area contributed by atoms with Crippen LogP contribution in [0.3, 0.4) is 0 Å². The molecular formula is C13H14N2O4S. The molecule has 2 N–H and O–H groups in total. The number of fused-ring (bicyclic) bond motifs is 2. The van der Waals surface area contributed by atoms with E-state index in [-0.39, 0.29) is 5.91 Å². The number of nitrogens with one attached hydrogen (secondary N) is 1. The zero-order valence-corrected chi connectivity index (χ0v) is 11.8. The fraction of sp³-hybridized carbons (Fsp3) is 0.462. The number of carboxylic acid groups (broad SMARTS) is 1. The maximum absolute atomic E-state index is 12.3. The Bertz CT molecular complexity index is 590. The molecule has 2 aliphatic rings. The summed E-state index contributed by atoms with van der Waals surface area (Å²) in [5.74, 6) is -2.88. The first-order chi connectivity index (χ1) is 9.47. The molecular weight excluding hydrogens is 280 g/mol. The number of anilines is 1. The topological polar surface area (TPSA) is 88.5 Å². The summed E-state index contributed by atoms with van der Waals surface area (Å²) in [6.07, 6.45) is 2.51.